The van der Waals surface area contributed by atoms with Crippen LogP contribution in [0.5, 0.6) is 0 Å². The molecule has 3 unspecified atom stereocenters. The second-order valence-electron chi connectivity index (χ2n) is 6.06. The Balaban J connectivity index is 1.85. The normalized spacial score (nSPS) is 35.5. The molecule has 3 nitrogen and oxygen atoms in total. The molecule has 0 aromatic carbocycles. The van der Waals surface area contributed by atoms with Crippen molar-refractivity contribution in [1.82, 2.24) is 9.80 Å². The molecular formula is C14H27ClN2O. The van der Waals surface area contributed by atoms with Crippen molar-refractivity contribution >= 4 is 11.6 Å². The maximum absolute atomic E-state index is 6.10. The molecule has 18 heavy (non-hydrogen) atoms. The minimum Gasteiger partial charge on any atom is -0.374 e. The average Bonchev–Trinajstić information content (AvgIpc) is 2.70. The van der Waals surface area contributed by atoms with E-state index in [-0.39, 0.29) is 0 Å². The van der Waals surface area contributed by atoms with Gasteiger partial charge in [0.25, 0.3) is 0 Å². The van der Waals surface area contributed by atoms with E-state index in [0.717, 1.165) is 38.0 Å². The van der Waals surface area contributed by atoms with Gasteiger partial charge in [-0.05, 0) is 32.7 Å². The molecule has 0 radical (unpaired) electrons. The Kier molecular flexibility index (Phi) is 5.31. The summed E-state index contributed by atoms with van der Waals surface area (Å²) in [6.07, 6.45) is 1.63. The Bertz CT molecular complexity index is 262. The van der Waals surface area contributed by atoms with E-state index in [1.54, 1.807) is 0 Å². The van der Waals surface area contributed by atoms with Gasteiger partial charge in [-0.25, -0.2) is 0 Å². The Morgan fingerprint density at radius 3 is 2.78 bits per heavy atom. The van der Waals surface area contributed by atoms with E-state index in [0.29, 0.717) is 18.2 Å². The van der Waals surface area contributed by atoms with Crippen LogP contribution in [0.3, 0.4) is 0 Å². The number of alkyl halides is 1. The highest BCUT2D eigenvalue weighted by atomic mass is 35.5. The maximum atomic E-state index is 6.10. The second-order valence-corrected chi connectivity index (χ2v) is 6.37. The van der Waals surface area contributed by atoms with Crippen molar-refractivity contribution in [3.8, 4) is 0 Å². The van der Waals surface area contributed by atoms with Crippen LogP contribution in [0.15, 0.2) is 0 Å². The first kappa shape index (κ1) is 14.6. The summed E-state index contributed by atoms with van der Waals surface area (Å²) < 4.78 is 5.92. The Labute approximate surface area is 116 Å². The van der Waals surface area contributed by atoms with E-state index in [1.165, 1.54) is 13.0 Å². The lowest BCUT2D eigenvalue weighted by molar-refractivity contribution is -0.0533. The van der Waals surface area contributed by atoms with Crippen molar-refractivity contribution in [3.63, 3.8) is 0 Å². The summed E-state index contributed by atoms with van der Waals surface area (Å²) >= 11 is 6.10. The van der Waals surface area contributed by atoms with Crippen LogP contribution >= 0.6 is 11.6 Å². The Hall–Kier alpha value is 0.170. The highest BCUT2D eigenvalue weighted by Crippen LogP contribution is 2.25. The smallest absolute Gasteiger partial charge is 0.0829 e. The molecule has 2 saturated heterocycles. The minimum absolute atomic E-state index is 0.358. The average molecular weight is 275 g/mol. The SMILES string of the molecule is CC1CCN(CC2CN(C(C)C)CCO2)C1CCl. The third kappa shape index (κ3) is 3.38. The predicted octanol–water partition coefficient (Wildman–Crippen LogP) is 2.04. The van der Waals surface area contributed by atoms with E-state index < -0.39 is 0 Å². The molecular weight excluding hydrogens is 248 g/mol. The molecule has 4 heteroatoms. The van der Waals surface area contributed by atoms with Crippen LogP contribution in [0.2, 0.25) is 0 Å². The molecule has 0 aromatic rings. The first-order valence-electron chi connectivity index (χ1n) is 7.27. The molecule has 0 spiro atoms. The van der Waals surface area contributed by atoms with Gasteiger partial charge in [0.1, 0.15) is 0 Å². The van der Waals surface area contributed by atoms with Crippen molar-refractivity contribution in [3.05, 3.63) is 0 Å². The van der Waals surface area contributed by atoms with Crippen LogP contribution in [-0.2, 0) is 4.74 Å². The summed E-state index contributed by atoms with van der Waals surface area (Å²) in [7, 11) is 0. The molecule has 2 aliphatic rings. The summed E-state index contributed by atoms with van der Waals surface area (Å²) in [6.45, 7) is 12.1. The van der Waals surface area contributed by atoms with Crippen molar-refractivity contribution in [2.75, 3.05) is 38.7 Å². The van der Waals surface area contributed by atoms with Crippen LogP contribution in [0, 0.1) is 5.92 Å². The fraction of sp³-hybridized carbons (Fsp3) is 1.00. The van der Waals surface area contributed by atoms with Crippen molar-refractivity contribution in [1.29, 1.82) is 0 Å². The molecule has 2 rings (SSSR count). The topological polar surface area (TPSA) is 15.7 Å². The summed E-state index contributed by atoms with van der Waals surface area (Å²) in [6, 6.07) is 1.17. The van der Waals surface area contributed by atoms with E-state index in [2.05, 4.69) is 30.6 Å². The molecule has 2 heterocycles. The molecule has 2 aliphatic heterocycles. The van der Waals surface area contributed by atoms with E-state index in [4.69, 9.17) is 16.3 Å². The predicted molar refractivity (Wildman–Crippen MR) is 76.3 cm³/mol. The number of likely N-dealkylation sites (tertiary alicyclic amines) is 1. The molecule has 106 valence electrons. The zero-order chi connectivity index (χ0) is 13.1. The standard InChI is InChI=1S/C14H27ClN2O/c1-11(2)16-6-7-18-13(9-16)10-17-5-4-12(3)14(17)8-15/h11-14H,4-10H2,1-3H3. The quantitative estimate of drug-likeness (QED) is 0.730. The van der Waals surface area contributed by atoms with Crippen molar-refractivity contribution in [2.45, 2.75) is 45.4 Å². The molecule has 0 amide bonds. The van der Waals surface area contributed by atoms with Gasteiger partial charge in [-0.2, -0.15) is 0 Å². The molecule has 3 atom stereocenters. The van der Waals surface area contributed by atoms with Gasteiger partial charge >= 0.3 is 0 Å². The van der Waals surface area contributed by atoms with Crippen LogP contribution in [-0.4, -0.2) is 66.7 Å². The summed E-state index contributed by atoms with van der Waals surface area (Å²) in [4.78, 5) is 5.05. The molecule has 0 aromatic heterocycles. The molecule has 2 fully saturated rings. The van der Waals surface area contributed by atoms with Gasteiger partial charge in [-0.15, -0.1) is 11.6 Å². The summed E-state index contributed by atoms with van der Waals surface area (Å²) in [5.41, 5.74) is 0. The molecule has 0 N–H and O–H groups in total. The molecule has 0 aliphatic carbocycles. The summed E-state index contributed by atoms with van der Waals surface area (Å²) in [5, 5.41) is 0. The van der Waals surface area contributed by atoms with Crippen LogP contribution in [0.25, 0.3) is 0 Å². The van der Waals surface area contributed by atoms with Gasteiger partial charge < -0.3 is 4.74 Å². The van der Waals surface area contributed by atoms with E-state index in [9.17, 15) is 0 Å². The third-order valence-electron chi connectivity index (χ3n) is 4.49. The first-order valence-corrected chi connectivity index (χ1v) is 7.81. The zero-order valence-corrected chi connectivity index (χ0v) is 12.7. The van der Waals surface area contributed by atoms with Gasteiger partial charge in [0, 0.05) is 37.6 Å². The Morgan fingerprint density at radius 2 is 2.11 bits per heavy atom. The largest absolute Gasteiger partial charge is 0.374 e. The third-order valence-corrected chi connectivity index (χ3v) is 4.81. The number of morpholine rings is 1. The number of rotatable bonds is 4. The second kappa shape index (κ2) is 6.56. The van der Waals surface area contributed by atoms with E-state index >= 15 is 0 Å². The van der Waals surface area contributed by atoms with Crippen LogP contribution in [0.4, 0.5) is 0 Å². The van der Waals surface area contributed by atoms with Gasteiger partial charge in [0.2, 0.25) is 0 Å². The summed E-state index contributed by atoms with van der Waals surface area (Å²) in [5.74, 6) is 1.48. The lowest BCUT2D eigenvalue weighted by atomic mass is 10.0. The van der Waals surface area contributed by atoms with Gasteiger partial charge in [-0.3, -0.25) is 9.80 Å². The molecule has 0 saturated carbocycles. The van der Waals surface area contributed by atoms with E-state index in [1.807, 2.05) is 0 Å². The number of hydrogen-bond donors (Lipinski definition) is 0. The molecule has 0 bridgehead atoms. The number of halogens is 1. The van der Waals surface area contributed by atoms with Crippen LogP contribution in [0.1, 0.15) is 27.2 Å². The first-order chi connectivity index (χ1) is 8.61. The lowest BCUT2D eigenvalue weighted by Crippen LogP contribution is -2.50. The maximum Gasteiger partial charge on any atom is 0.0829 e. The number of ether oxygens (including phenoxy) is 1. The monoisotopic (exact) mass is 274 g/mol. The van der Waals surface area contributed by atoms with Crippen molar-refractivity contribution in [2.24, 2.45) is 5.92 Å². The minimum atomic E-state index is 0.358. The highest BCUT2D eigenvalue weighted by molar-refractivity contribution is 6.18. The van der Waals surface area contributed by atoms with Crippen LogP contribution < -0.4 is 0 Å². The Morgan fingerprint density at radius 1 is 1.33 bits per heavy atom. The van der Waals surface area contributed by atoms with Gasteiger partial charge in [0.15, 0.2) is 0 Å². The van der Waals surface area contributed by atoms with Gasteiger partial charge in [-0.1, -0.05) is 6.92 Å². The zero-order valence-electron chi connectivity index (χ0n) is 11.9. The fourth-order valence-corrected chi connectivity index (χ4v) is 3.65. The number of nitrogens with zero attached hydrogens (tertiary/aromatic N) is 2. The van der Waals surface area contributed by atoms with Crippen molar-refractivity contribution < 1.29 is 4.74 Å². The lowest BCUT2D eigenvalue weighted by Gasteiger charge is -2.38. The number of hydrogen-bond acceptors (Lipinski definition) is 3. The van der Waals surface area contributed by atoms with Gasteiger partial charge in [0.05, 0.1) is 12.7 Å². The highest BCUT2D eigenvalue weighted by Gasteiger charge is 2.33. The fourth-order valence-electron chi connectivity index (χ4n) is 3.15.